The molecular weight excluding hydrogens is 1740 g/mol. The zero-order valence-corrected chi connectivity index (χ0v) is 75.0. The molecule has 1 aliphatic heterocycles. The summed E-state index contributed by atoms with van der Waals surface area (Å²) < 4.78 is 0. The summed E-state index contributed by atoms with van der Waals surface area (Å²) in [5.41, 5.74) is 36.5. The highest BCUT2D eigenvalue weighted by Gasteiger charge is 2.40. The van der Waals surface area contributed by atoms with E-state index in [0.29, 0.717) is 27.8 Å². The Balaban J connectivity index is 1.50. The maximum atomic E-state index is 15.1. The molecule has 5 aromatic rings. The summed E-state index contributed by atoms with van der Waals surface area (Å²) >= 11 is 0.738. The van der Waals surface area contributed by atoms with Gasteiger partial charge in [-0.3, -0.25) is 92.9 Å². The Bertz CT molecular complexity index is 4780. The molecule has 34 N–H and O–H groups in total. The first-order valence-corrected chi connectivity index (χ1v) is 44.4. The Morgan fingerprint density at radius 1 is 0.376 bits per heavy atom. The molecule has 1 aliphatic rings. The van der Waals surface area contributed by atoms with Crippen molar-refractivity contribution in [3.05, 3.63) is 173 Å². The molecule has 0 aliphatic carbocycles. The van der Waals surface area contributed by atoms with E-state index in [9.17, 15) is 58.2 Å². The largest absolute Gasteiger partial charge is 0.508 e. The monoisotopic (exact) mass is 1860 g/mol. The Hall–Kier alpha value is -14.5. The number of carbonyl (C=O) groups is 16. The van der Waals surface area contributed by atoms with Crippen molar-refractivity contribution in [1.82, 2.24) is 90.4 Å². The molecule has 0 aromatic heterocycles. The van der Waals surface area contributed by atoms with Crippen LogP contribution in [0.3, 0.4) is 0 Å². The molecule has 0 bridgehead atoms. The fourth-order valence-electron chi connectivity index (χ4n) is 13.9. The van der Waals surface area contributed by atoms with Crippen LogP contribution in [-0.4, -0.2) is 251 Å². The predicted molar refractivity (Wildman–Crippen MR) is 493 cm³/mol. The molecule has 720 valence electrons. The van der Waals surface area contributed by atoms with Gasteiger partial charge in [-0.15, -0.1) is 11.8 Å². The van der Waals surface area contributed by atoms with Gasteiger partial charge in [0.15, 0.2) is 17.9 Å². The summed E-state index contributed by atoms with van der Waals surface area (Å²) in [7, 11) is 0. The second-order valence-corrected chi connectivity index (χ2v) is 33.1. The third kappa shape index (κ3) is 39.4. The fraction of sp³-hybridized carbons (Fsp3) is 0.443. The molecule has 16 amide bonds. The number of aliphatic hydroxyl groups is 1. The standard InChI is InChI=1S/C88H124N26O18S/c1-49(2)71-84(131)107-61(36-37-89)77(124)108-63(41-52-21-10-5-11-22-52)80(127)104-57(27-16-38-98-86(92)93)74(121)110-66(45-68(90)117)82(129)106-60(35-32-51-19-8-4-9-20-51)76(123)103-59(29-18-40-100-88(96)97)78(125)114-72(50(3)115)85(132)111-64(42-53-23-12-6-13-24-53)81(128)105-58(28-17-39-99-87(94)95)75(122)112-67(73(120)101-46-69(91)118)47-133-48-70(119)102-62(44-55-30-33-56(116)34-31-55)79(126)109-65(83(130)113-71)43-54-25-14-7-15-26-54/h4-15,19-26,30-31,33-34,49-50,57-67,71-72,115-116H,16-18,27-29,32,35-48,89H2,1-3H3,(H2,90,117)(H2,91,118)(H,101,120)(H,102,119)(H,103,123)(H,104,127)(H,105,128)(H,106,129)(H,107,131)(H,108,124)(H,109,126)(H,110,121)(H,111,132)(H,112,122)(H,113,130)(H,114,125)(H4,92,93,98)(H4,94,95,99)(H4,96,97,100)/t50-,57+,58+,59+,60+,61+,62-,63+,64+,65+,66+,67+,71+,72+/m1/s1. The van der Waals surface area contributed by atoms with Crippen LogP contribution in [0.1, 0.15) is 106 Å². The first-order valence-electron chi connectivity index (χ1n) is 43.3. The highest BCUT2D eigenvalue weighted by molar-refractivity contribution is 8.00. The lowest BCUT2D eigenvalue weighted by molar-refractivity contribution is -0.137. The summed E-state index contributed by atoms with van der Waals surface area (Å²) in [5, 5.41) is 89.1. The Morgan fingerprint density at radius 2 is 0.692 bits per heavy atom. The number of aliphatic hydroxyl groups excluding tert-OH is 1. The Kier molecular flexibility index (Phi) is 45.3. The van der Waals surface area contributed by atoms with E-state index < -0.39 is 227 Å². The zero-order valence-electron chi connectivity index (χ0n) is 74.2. The van der Waals surface area contributed by atoms with Crippen LogP contribution in [0.25, 0.3) is 0 Å². The average molecular weight is 1870 g/mol. The average Bonchev–Trinajstić information content (AvgIpc) is 0.845. The minimum absolute atomic E-state index is 0.0274. The minimum Gasteiger partial charge on any atom is -0.508 e. The summed E-state index contributed by atoms with van der Waals surface area (Å²) in [6.45, 7) is 3.04. The lowest BCUT2D eigenvalue weighted by Gasteiger charge is -2.29. The number of carbonyl (C=O) groups excluding carboxylic acids is 16. The number of phenols is 1. The van der Waals surface area contributed by atoms with Gasteiger partial charge in [-0.05, 0) is 117 Å². The SMILES string of the molecule is CC(C)[C@@H]1NC(=O)[C@H](Cc2ccccc2)NC(=O)[C@@H](Cc2ccc(O)cc2)NC(=O)CSC[C@@H](C(=O)NCC(N)=O)NC(=O)[C@H](CCCNC(=N)N)NC(=O)[C@H](Cc2ccccc2)NC(=O)[C@H]([C@@H](C)O)NC(=O)[C@H](CCCNC(=N)N)NC(=O)[C@H](CCc2ccccc2)NC(=O)[C@H](CC(N)=O)NC(=O)[C@H](CCCNC(=N)N)NC(=O)[C@H](Cc2ccccc2)NC(=O)[C@H](CCN)NC1=O. The number of hydrogen-bond donors (Lipinski definition) is 28. The Labute approximate surface area is 773 Å². The smallest absolute Gasteiger partial charge is 0.245 e. The predicted octanol–water partition coefficient (Wildman–Crippen LogP) is -6.00. The highest BCUT2D eigenvalue weighted by atomic mass is 32.2. The molecule has 1 heterocycles. The number of phenolic OH excluding ortho intramolecular Hbond substituents is 1. The van der Waals surface area contributed by atoms with Gasteiger partial charge in [-0.1, -0.05) is 147 Å². The lowest BCUT2D eigenvalue weighted by Crippen LogP contribution is -2.62. The van der Waals surface area contributed by atoms with Gasteiger partial charge in [0.2, 0.25) is 94.5 Å². The molecule has 0 spiro atoms. The van der Waals surface area contributed by atoms with Crippen molar-refractivity contribution in [1.29, 1.82) is 16.2 Å². The van der Waals surface area contributed by atoms with Crippen LogP contribution in [-0.2, 0) is 109 Å². The van der Waals surface area contributed by atoms with Crippen molar-refractivity contribution in [3.63, 3.8) is 0 Å². The van der Waals surface area contributed by atoms with Crippen molar-refractivity contribution in [2.75, 3.05) is 44.2 Å². The second kappa shape index (κ2) is 56.2. The van der Waals surface area contributed by atoms with E-state index in [0.717, 1.165) is 18.7 Å². The van der Waals surface area contributed by atoms with E-state index in [4.69, 9.17) is 50.6 Å². The number of aryl methyl sites for hydroxylation is 1. The van der Waals surface area contributed by atoms with Crippen molar-refractivity contribution >= 4 is 124 Å². The number of benzene rings is 5. The molecule has 133 heavy (non-hydrogen) atoms. The van der Waals surface area contributed by atoms with Gasteiger partial charge in [0.25, 0.3) is 0 Å². The lowest BCUT2D eigenvalue weighted by atomic mass is 9.99. The van der Waals surface area contributed by atoms with Crippen LogP contribution in [0.15, 0.2) is 146 Å². The van der Waals surface area contributed by atoms with Crippen molar-refractivity contribution < 1.29 is 86.9 Å². The van der Waals surface area contributed by atoms with Crippen LogP contribution in [0, 0.1) is 22.1 Å². The topological polar surface area (TPSA) is 746 Å². The van der Waals surface area contributed by atoms with Crippen LogP contribution >= 0.6 is 11.8 Å². The van der Waals surface area contributed by atoms with Crippen LogP contribution < -0.4 is 125 Å². The van der Waals surface area contributed by atoms with Crippen molar-refractivity contribution in [3.8, 4) is 5.75 Å². The van der Waals surface area contributed by atoms with E-state index in [1.807, 2.05) is 0 Å². The number of hydrogen-bond acceptors (Lipinski definition) is 23. The van der Waals surface area contributed by atoms with E-state index in [1.165, 1.54) is 24.3 Å². The van der Waals surface area contributed by atoms with Gasteiger partial charge in [-0.2, -0.15) is 0 Å². The van der Waals surface area contributed by atoms with E-state index in [1.54, 1.807) is 135 Å². The van der Waals surface area contributed by atoms with Gasteiger partial charge in [-0.25, -0.2) is 0 Å². The third-order valence-electron chi connectivity index (χ3n) is 20.8. The van der Waals surface area contributed by atoms with Crippen LogP contribution in [0.2, 0.25) is 0 Å². The molecule has 5 aromatic carbocycles. The molecule has 0 saturated carbocycles. The molecular formula is C88H124N26O18S. The second-order valence-electron chi connectivity index (χ2n) is 32.0. The van der Waals surface area contributed by atoms with E-state index in [2.05, 4.69) is 90.4 Å². The number of primary amides is 2. The van der Waals surface area contributed by atoms with Gasteiger partial charge in [0.05, 0.1) is 24.8 Å². The number of thioether (sulfide) groups is 1. The number of guanidine groups is 3. The summed E-state index contributed by atoms with van der Waals surface area (Å²) in [6.07, 6.45) is -5.46. The molecule has 14 atom stereocenters. The first-order chi connectivity index (χ1) is 63.4. The number of aromatic hydroxyl groups is 1. The van der Waals surface area contributed by atoms with E-state index >= 15 is 28.8 Å². The first kappa shape index (κ1) is 107. The fourth-order valence-corrected chi connectivity index (χ4v) is 14.7. The number of rotatable bonds is 32. The van der Waals surface area contributed by atoms with Crippen LogP contribution in [0.5, 0.6) is 5.75 Å². The summed E-state index contributed by atoms with van der Waals surface area (Å²) in [4.78, 5) is 234. The molecule has 6 rings (SSSR count). The molecule has 45 heteroatoms. The highest BCUT2D eigenvalue weighted by Crippen LogP contribution is 2.18. The molecule has 44 nitrogen and oxygen atoms in total. The molecule has 0 radical (unpaired) electrons. The summed E-state index contributed by atoms with van der Waals surface area (Å²) in [6, 6.07) is 16.9. The van der Waals surface area contributed by atoms with Gasteiger partial charge >= 0.3 is 0 Å². The Morgan fingerprint density at radius 3 is 1.08 bits per heavy atom. The maximum Gasteiger partial charge on any atom is 0.245 e. The number of nitrogens with one attached hydrogen (secondary N) is 20. The summed E-state index contributed by atoms with van der Waals surface area (Å²) in [5.74, 6) is -20.2. The quantitative estimate of drug-likeness (QED) is 0.0108. The maximum absolute atomic E-state index is 15.1. The van der Waals surface area contributed by atoms with Gasteiger partial charge in [0, 0.05) is 51.1 Å². The molecule has 0 unspecified atom stereocenters. The number of amides is 16. The third-order valence-corrected chi connectivity index (χ3v) is 21.9. The van der Waals surface area contributed by atoms with E-state index in [-0.39, 0.29) is 115 Å². The van der Waals surface area contributed by atoms with Crippen molar-refractivity contribution in [2.45, 2.75) is 195 Å². The minimum atomic E-state index is -1.99. The number of nitrogens with two attached hydrogens (primary N) is 6. The van der Waals surface area contributed by atoms with Gasteiger partial charge in [0.1, 0.15) is 84.3 Å². The molecule has 1 fully saturated rings. The van der Waals surface area contributed by atoms with Gasteiger partial charge < -0.3 is 135 Å². The normalized spacial score (nSPS) is 22.3. The van der Waals surface area contributed by atoms with Crippen molar-refractivity contribution in [2.24, 2.45) is 40.3 Å². The van der Waals surface area contributed by atoms with Crippen LogP contribution in [0.4, 0.5) is 0 Å². The zero-order chi connectivity index (χ0) is 97.6. The molecule has 1 saturated heterocycles.